The standard InChI is InChI=1S/C14H24N2O3/c1-12(2)10-9(4-7-19-10)14(12,15)11(17)16-8-13(18)5-3-6-13/h9-10,18H,3-8,15H2,1-2H3,(H,16,17). The number of amides is 1. The van der Waals surface area contributed by atoms with Gasteiger partial charge < -0.3 is 20.9 Å². The van der Waals surface area contributed by atoms with Gasteiger partial charge in [-0.2, -0.15) is 0 Å². The summed E-state index contributed by atoms with van der Waals surface area (Å²) in [6, 6.07) is 0. The first kappa shape index (κ1) is 13.3. The van der Waals surface area contributed by atoms with Gasteiger partial charge in [0.25, 0.3) is 0 Å². The summed E-state index contributed by atoms with van der Waals surface area (Å²) < 4.78 is 5.68. The molecule has 108 valence electrons. The van der Waals surface area contributed by atoms with E-state index in [-0.39, 0.29) is 23.3 Å². The molecule has 0 aromatic heterocycles. The first-order valence-electron chi connectivity index (χ1n) is 7.22. The van der Waals surface area contributed by atoms with Gasteiger partial charge in [-0.25, -0.2) is 0 Å². The van der Waals surface area contributed by atoms with Gasteiger partial charge in [0.15, 0.2) is 0 Å². The fourth-order valence-electron chi connectivity index (χ4n) is 4.00. The van der Waals surface area contributed by atoms with Crippen molar-refractivity contribution in [2.75, 3.05) is 13.2 Å². The molecule has 3 fully saturated rings. The molecule has 0 bridgehead atoms. The number of fused-ring (bicyclic) bond motifs is 1. The van der Waals surface area contributed by atoms with Crippen molar-refractivity contribution < 1.29 is 14.6 Å². The van der Waals surface area contributed by atoms with E-state index in [4.69, 9.17) is 10.5 Å². The van der Waals surface area contributed by atoms with Gasteiger partial charge in [0.05, 0.1) is 11.7 Å². The molecule has 0 spiro atoms. The van der Waals surface area contributed by atoms with Crippen molar-refractivity contribution in [1.82, 2.24) is 5.32 Å². The van der Waals surface area contributed by atoms with Gasteiger partial charge in [0.2, 0.25) is 5.91 Å². The van der Waals surface area contributed by atoms with Crippen LogP contribution in [-0.2, 0) is 9.53 Å². The summed E-state index contributed by atoms with van der Waals surface area (Å²) >= 11 is 0. The fraction of sp³-hybridized carbons (Fsp3) is 0.929. The molecule has 5 heteroatoms. The van der Waals surface area contributed by atoms with Gasteiger partial charge in [-0.3, -0.25) is 4.79 Å². The Balaban J connectivity index is 1.68. The minimum Gasteiger partial charge on any atom is -0.388 e. The zero-order valence-electron chi connectivity index (χ0n) is 11.7. The van der Waals surface area contributed by atoms with E-state index >= 15 is 0 Å². The Morgan fingerprint density at radius 2 is 2.16 bits per heavy atom. The number of nitrogens with one attached hydrogen (secondary N) is 1. The minimum absolute atomic E-state index is 0.0926. The number of carbonyl (C=O) groups excluding carboxylic acids is 1. The zero-order valence-corrected chi connectivity index (χ0v) is 11.7. The number of carbonyl (C=O) groups is 1. The smallest absolute Gasteiger partial charge is 0.241 e. The largest absolute Gasteiger partial charge is 0.388 e. The molecule has 19 heavy (non-hydrogen) atoms. The van der Waals surface area contributed by atoms with Crippen LogP contribution in [0.1, 0.15) is 39.5 Å². The van der Waals surface area contributed by atoms with Crippen LogP contribution in [-0.4, -0.2) is 41.4 Å². The Bertz CT molecular complexity index is 405. The first-order chi connectivity index (χ1) is 8.81. The molecular formula is C14H24N2O3. The predicted molar refractivity (Wildman–Crippen MR) is 70.4 cm³/mol. The van der Waals surface area contributed by atoms with Crippen molar-refractivity contribution in [3.63, 3.8) is 0 Å². The highest BCUT2D eigenvalue weighted by Crippen LogP contribution is 2.58. The van der Waals surface area contributed by atoms with Crippen LogP contribution in [0.4, 0.5) is 0 Å². The third kappa shape index (κ3) is 1.61. The summed E-state index contributed by atoms with van der Waals surface area (Å²) in [5, 5.41) is 12.9. The van der Waals surface area contributed by atoms with Crippen molar-refractivity contribution in [2.24, 2.45) is 17.1 Å². The number of aliphatic hydroxyl groups is 1. The van der Waals surface area contributed by atoms with E-state index in [9.17, 15) is 9.90 Å². The van der Waals surface area contributed by atoms with Crippen molar-refractivity contribution in [3.05, 3.63) is 0 Å². The summed E-state index contributed by atoms with van der Waals surface area (Å²) in [6.07, 6.45) is 3.51. The molecule has 1 saturated heterocycles. The highest BCUT2D eigenvalue weighted by atomic mass is 16.5. The van der Waals surface area contributed by atoms with E-state index in [2.05, 4.69) is 5.32 Å². The second-order valence-electron chi connectivity index (χ2n) is 7.04. The van der Waals surface area contributed by atoms with E-state index in [0.29, 0.717) is 13.2 Å². The molecule has 1 aliphatic heterocycles. The van der Waals surface area contributed by atoms with Crippen LogP contribution >= 0.6 is 0 Å². The number of hydrogen-bond acceptors (Lipinski definition) is 4. The molecule has 3 rings (SSSR count). The Morgan fingerprint density at radius 3 is 2.74 bits per heavy atom. The molecule has 4 N–H and O–H groups in total. The zero-order chi connectivity index (χ0) is 13.9. The van der Waals surface area contributed by atoms with Crippen molar-refractivity contribution in [3.8, 4) is 0 Å². The molecule has 2 aliphatic carbocycles. The average molecular weight is 268 g/mol. The minimum atomic E-state index is -0.867. The van der Waals surface area contributed by atoms with E-state index in [0.717, 1.165) is 25.7 Å². The van der Waals surface area contributed by atoms with Gasteiger partial charge >= 0.3 is 0 Å². The lowest BCUT2D eigenvalue weighted by Crippen LogP contribution is -2.80. The monoisotopic (exact) mass is 268 g/mol. The third-order valence-corrected chi connectivity index (χ3v) is 5.69. The lowest BCUT2D eigenvalue weighted by molar-refractivity contribution is -0.176. The molecule has 3 atom stereocenters. The topological polar surface area (TPSA) is 84.6 Å². The van der Waals surface area contributed by atoms with Crippen LogP contribution in [0.2, 0.25) is 0 Å². The Labute approximate surface area is 113 Å². The summed E-state index contributed by atoms with van der Waals surface area (Å²) in [7, 11) is 0. The second-order valence-corrected chi connectivity index (χ2v) is 7.04. The summed E-state index contributed by atoms with van der Waals surface area (Å²) in [5.74, 6) is -0.0249. The molecular weight excluding hydrogens is 244 g/mol. The van der Waals surface area contributed by atoms with Crippen LogP contribution in [0.25, 0.3) is 0 Å². The maximum atomic E-state index is 12.5. The number of rotatable bonds is 3. The van der Waals surface area contributed by atoms with Crippen LogP contribution < -0.4 is 11.1 Å². The third-order valence-electron chi connectivity index (χ3n) is 5.69. The van der Waals surface area contributed by atoms with Crippen LogP contribution in [0.3, 0.4) is 0 Å². The van der Waals surface area contributed by atoms with Gasteiger partial charge in [0, 0.05) is 24.5 Å². The molecule has 3 aliphatic rings. The Morgan fingerprint density at radius 1 is 1.47 bits per heavy atom. The molecule has 1 heterocycles. The lowest BCUT2D eigenvalue weighted by Gasteiger charge is -2.60. The Hall–Kier alpha value is -0.650. The number of ether oxygens (including phenoxy) is 1. The van der Waals surface area contributed by atoms with Crippen molar-refractivity contribution in [1.29, 1.82) is 0 Å². The highest BCUT2D eigenvalue weighted by Gasteiger charge is 2.71. The maximum absolute atomic E-state index is 12.5. The first-order valence-corrected chi connectivity index (χ1v) is 7.22. The average Bonchev–Trinajstić information content (AvgIpc) is 2.80. The van der Waals surface area contributed by atoms with Gasteiger partial charge in [-0.15, -0.1) is 0 Å². The highest BCUT2D eigenvalue weighted by molar-refractivity contribution is 5.89. The summed E-state index contributed by atoms with van der Waals surface area (Å²) in [4.78, 5) is 12.5. The van der Waals surface area contributed by atoms with Gasteiger partial charge in [-0.1, -0.05) is 13.8 Å². The Kier molecular flexibility index (Phi) is 2.76. The molecule has 0 radical (unpaired) electrons. The number of hydrogen-bond donors (Lipinski definition) is 3. The van der Waals surface area contributed by atoms with Gasteiger partial charge in [0.1, 0.15) is 5.54 Å². The van der Waals surface area contributed by atoms with E-state index in [1.54, 1.807) is 0 Å². The van der Waals surface area contributed by atoms with Crippen molar-refractivity contribution in [2.45, 2.75) is 56.8 Å². The quantitative estimate of drug-likeness (QED) is 0.681. The summed E-state index contributed by atoms with van der Waals surface area (Å²) in [6.45, 7) is 5.00. The summed E-state index contributed by atoms with van der Waals surface area (Å²) in [5.41, 5.74) is 4.51. The van der Waals surface area contributed by atoms with Crippen LogP contribution in [0.15, 0.2) is 0 Å². The predicted octanol–water partition coefficient (Wildman–Crippen LogP) is 0.160. The second kappa shape index (κ2) is 3.93. The van der Waals surface area contributed by atoms with E-state index in [1.165, 1.54) is 0 Å². The van der Waals surface area contributed by atoms with E-state index in [1.807, 2.05) is 13.8 Å². The molecule has 3 unspecified atom stereocenters. The van der Waals surface area contributed by atoms with Gasteiger partial charge in [-0.05, 0) is 25.7 Å². The van der Waals surface area contributed by atoms with Crippen LogP contribution in [0, 0.1) is 11.3 Å². The maximum Gasteiger partial charge on any atom is 0.241 e. The molecule has 0 aromatic carbocycles. The van der Waals surface area contributed by atoms with Crippen LogP contribution in [0.5, 0.6) is 0 Å². The normalized spacial score (nSPS) is 41.9. The fourth-order valence-corrected chi connectivity index (χ4v) is 4.00. The SMILES string of the molecule is CC1(C)C2OCCC2C1(N)C(=O)NCC1(O)CCC1. The molecule has 1 amide bonds. The molecule has 0 aromatic rings. The van der Waals surface area contributed by atoms with E-state index < -0.39 is 11.1 Å². The molecule has 5 nitrogen and oxygen atoms in total. The number of nitrogens with two attached hydrogens (primary N) is 1. The molecule has 2 saturated carbocycles. The van der Waals surface area contributed by atoms with Crippen molar-refractivity contribution >= 4 is 5.91 Å². The lowest BCUT2D eigenvalue weighted by atomic mass is 9.48.